The smallest absolute Gasteiger partial charge is 0.163 e. The predicted molar refractivity (Wildman–Crippen MR) is 92.0 cm³/mol. The van der Waals surface area contributed by atoms with E-state index in [2.05, 4.69) is 26.5 Å². The van der Waals surface area contributed by atoms with E-state index in [9.17, 15) is 5.11 Å². The fourth-order valence-electron chi connectivity index (χ4n) is 2.34. The van der Waals surface area contributed by atoms with Crippen molar-refractivity contribution in [1.29, 1.82) is 5.26 Å². The normalized spacial score (nSPS) is 11.8. The van der Waals surface area contributed by atoms with Gasteiger partial charge in [0.1, 0.15) is 30.6 Å². The number of nitrogens with one attached hydrogen (secondary N) is 1. The van der Waals surface area contributed by atoms with E-state index in [4.69, 9.17) is 10.00 Å². The summed E-state index contributed by atoms with van der Waals surface area (Å²) in [4.78, 5) is 8.41. The number of nitriles is 1. The summed E-state index contributed by atoms with van der Waals surface area (Å²) in [5, 5.41) is 26.8. The summed E-state index contributed by atoms with van der Waals surface area (Å²) in [5.74, 6) is 1.30. The number of aliphatic hydroxyl groups is 1. The number of rotatable bonds is 8. The van der Waals surface area contributed by atoms with E-state index in [0.29, 0.717) is 30.2 Å². The fraction of sp³-hybridized carbons (Fsp3) is 0.294. The Morgan fingerprint density at radius 3 is 2.92 bits per heavy atom. The molecule has 0 saturated carbocycles. The number of anilines is 1. The molecule has 0 amide bonds. The summed E-state index contributed by atoms with van der Waals surface area (Å²) in [6, 6.07) is 11.4. The van der Waals surface area contributed by atoms with Crippen molar-refractivity contribution < 1.29 is 9.84 Å². The Labute approximate surface area is 144 Å². The zero-order valence-electron chi connectivity index (χ0n) is 13.5. The lowest BCUT2D eigenvalue weighted by atomic mass is 10.3. The molecule has 0 saturated heterocycles. The minimum Gasteiger partial charge on any atom is -0.491 e. The molecule has 1 atom stereocenters. The van der Waals surface area contributed by atoms with Crippen LogP contribution in [0.3, 0.4) is 0 Å². The zero-order chi connectivity index (χ0) is 17.5. The lowest BCUT2D eigenvalue weighted by molar-refractivity contribution is 0.117. The van der Waals surface area contributed by atoms with Crippen LogP contribution in [0.15, 0.2) is 42.9 Å². The number of nitrogens with zero attached hydrogens (tertiary/aromatic N) is 5. The second-order valence-electron chi connectivity index (χ2n) is 5.39. The first-order valence-electron chi connectivity index (χ1n) is 7.91. The first-order valence-corrected chi connectivity index (χ1v) is 7.91. The Kier molecular flexibility index (Phi) is 5.39. The van der Waals surface area contributed by atoms with Crippen molar-refractivity contribution in [3.8, 4) is 11.8 Å². The highest BCUT2D eigenvalue weighted by Gasteiger charge is 2.11. The second kappa shape index (κ2) is 8.08. The van der Waals surface area contributed by atoms with Crippen molar-refractivity contribution in [2.75, 3.05) is 18.5 Å². The summed E-state index contributed by atoms with van der Waals surface area (Å²) in [6.45, 7) is 0.930. The van der Waals surface area contributed by atoms with Gasteiger partial charge in [-0.25, -0.2) is 14.6 Å². The van der Waals surface area contributed by atoms with Gasteiger partial charge in [0.05, 0.1) is 30.6 Å². The number of aromatic nitrogens is 4. The van der Waals surface area contributed by atoms with Crippen LogP contribution < -0.4 is 10.1 Å². The number of hydrogen-bond acceptors (Lipinski definition) is 7. The molecule has 0 unspecified atom stereocenters. The van der Waals surface area contributed by atoms with Gasteiger partial charge in [0.25, 0.3) is 0 Å². The number of fused-ring (bicyclic) bond motifs is 1. The Morgan fingerprint density at radius 1 is 1.28 bits per heavy atom. The monoisotopic (exact) mass is 338 g/mol. The van der Waals surface area contributed by atoms with E-state index in [-0.39, 0.29) is 13.2 Å². The van der Waals surface area contributed by atoms with Gasteiger partial charge in [0.2, 0.25) is 0 Å². The number of benzene rings is 1. The summed E-state index contributed by atoms with van der Waals surface area (Å²) in [5.41, 5.74) is 0.655. The molecule has 8 heteroatoms. The van der Waals surface area contributed by atoms with Gasteiger partial charge in [-0.3, -0.25) is 0 Å². The highest BCUT2D eigenvalue weighted by molar-refractivity contribution is 5.86. The Hall–Kier alpha value is -3.18. The average molecular weight is 338 g/mol. The van der Waals surface area contributed by atoms with Gasteiger partial charge in [-0.1, -0.05) is 18.2 Å². The van der Waals surface area contributed by atoms with Gasteiger partial charge in [-0.15, -0.1) is 0 Å². The lowest BCUT2D eigenvalue weighted by Gasteiger charge is -2.13. The first kappa shape index (κ1) is 16.7. The third-order valence-corrected chi connectivity index (χ3v) is 3.56. The number of para-hydroxylation sites is 1. The summed E-state index contributed by atoms with van der Waals surface area (Å²) in [7, 11) is 0. The average Bonchev–Trinajstić information content (AvgIpc) is 3.07. The van der Waals surface area contributed by atoms with Crippen LogP contribution in [0.5, 0.6) is 5.75 Å². The van der Waals surface area contributed by atoms with Crippen molar-refractivity contribution in [2.45, 2.75) is 19.1 Å². The lowest BCUT2D eigenvalue weighted by Crippen LogP contribution is -2.26. The SMILES string of the molecule is N#CCCn1ncc2c(NC[C@@H](O)COc3ccccc3)ncnc21. The predicted octanol–water partition coefficient (Wildman–Crippen LogP) is 1.59. The molecular weight excluding hydrogens is 320 g/mol. The fourth-order valence-corrected chi connectivity index (χ4v) is 2.34. The van der Waals surface area contributed by atoms with Crippen molar-refractivity contribution >= 4 is 16.9 Å². The molecule has 3 aromatic rings. The molecule has 2 heterocycles. The van der Waals surface area contributed by atoms with Crippen LogP contribution in [-0.4, -0.2) is 44.1 Å². The number of aryl methyl sites for hydroxylation is 1. The van der Waals surface area contributed by atoms with E-state index in [1.807, 2.05) is 30.3 Å². The molecule has 8 nitrogen and oxygen atoms in total. The zero-order valence-corrected chi connectivity index (χ0v) is 13.5. The van der Waals surface area contributed by atoms with Crippen LogP contribution in [0.1, 0.15) is 6.42 Å². The topological polar surface area (TPSA) is 109 Å². The number of hydrogen-bond donors (Lipinski definition) is 2. The van der Waals surface area contributed by atoms with Gasteiger partial charge in [0.15, 0.2) is 5.65 Å². The minimum atomic E-state index is -0.696. The summed E-state index contributed by atoms with van der Waals surface area (Å²) >= 11 is 0. The molecule has 0 spiro atoms. The molecule has 0 fully saturated rings. The van der Waals surface area contributed by atoms with Crippen LogP contribution in [0.4, 0.5) is 5.82 Å². The molecule has 25 heavy (non-hydrogen) atoms. The molecule has 2 aromatic heterocycles. The maximum absolute atomic E-state index is 10.1. The maximum Gasteiger partial charge on any atom is 0.163 e. The van der Waals surface area contributed by atoms with Gasteiger partial charge < -0.3 is 15.2 Å². The van der Waals surface area contributed by atoms with Crippen LogP contribution in [0.25, 0.3) is 11.0 Å². The number of aliphatic hydroxyl groups excluding tert-OH is 1. The van der Waals surface area contributed by atoms with Crippen LogP contribution in [-0.2, 0) is 6.54 Å². The quantitative estimate of drug-likeness (QED) is 0.642. The van der Waals surface area contributed by atoms with Crippen molar-refractivity contribution in [2.24, 2.45) is 0 Å². The molecule has 0 bridgehead atoms. The second-order valence-corrected chi connectivity index (χ2v) is 5.39. The Bertz CT molecular complexity index is 858. The van der Waals surface area contributed by atoms with Gasteiger partial charge in [-0.2, -0.15) is 10.4 Å². The minimum absolute atomic E-state index is 0.173. The molecular formula is C17H18N6O2. The van der Waals surface area contributed by atoms with E-state index in [1.165, 1.54) is 6.33 Å². The molecule has 0 aliphatic rings. The molecule has 1 aromatic carbocycles. The van der Waals surface area contributed by atoms with Crippen molar-refractivity contribution in [3.05, 3.63) is 42.9 Å². The van der Waals surface area contributed by atoms with Gasteiger partial charge in [-0.05, 0) is 12.1 Å². The molecule has 128 valence electrons. The molecule has 0 radical (unpaired) electrons. The summed E-state index contributed by atoms with van der Waals surface area (Å²) in [6.07, 6.45) is 2.75. The molecule has 0 aliphatic heterocycles. The third kappa shape index (κ3) is 4.22. The van der Waals surface area contributed by atoms with E-state index >= 15 is 0 Å². The maximum atomic E-state index is 10.1. The van der Waals surface area contributed by atoms with Crippen LogP contribution >= 0.6 is 0 Å². The molecule has 2 N–H and O–H groups in total. The van der Waals surface area contributed by atoms with E-state index in [1.54, 1.807) is 10.9 Å². The Morgan fingerprint density at radius 2 is 2.12 bits per heavy atom. The number of ether oxygens (including phenoxy) is 1. The molecule has 0 aliphatic carbocycles. The van der Waals surface area contributed by atoms with Crippen LogP contribution in [0, 0.1) is 11.3 Å². The van der Waals surface area contributed by atoms with Crippen molar-refractivity contribution in [3.63, 3.8) is 0 Å². The third-order valence-electron chi connectivity index (χ3n) is 3.56. The molecule has 3 rings (SSSR count). The van der Waals surface area contributed by atoms with Gasteiger partial charge >= 0.3 is 0 Å². The standard InChI is InChI=1S/C17H18N6O2/c18-7-4-8-23-17-15(10-22-23)16(20-12-21-17)19-9-13(24)11-25-14-5-2-1-3-6-14/h1-3,5-6,10,12-13,24H,4,8-9,11H2,(H,19,20,21)/t13-/m1/s1. The van der Waals surface area contributed by atoms with Gasteiger partial charge in [0, 0.05) is 6.54 Å². The highest BCUT2D eigenvalue weighted by atomic mass is 16.5. The highest BCUT2D eigenvalue weighted by Crippen LogP contribution is 2.18. The van der Waals surface area contributed by atoms with E-state index in [0.717, 1.165) is 5.39 Å². The van der Waals surface area contributed by atoms with Crippen LogP contribution in [0.2, 0.25) is 0 Å². The summed E-state index contributed by atoms with van der Waals surface area (Å²) < 4.78 is 7.19. The van der Waals surface area contributed by atoms with Crippen molar-refractivity contribution in [1.82, 2.24) is 19.7 Å². The van der Waals surface area contributed by atoms with E-state index < -0.39 is 6.10 Å². The Balaban J connectivity index is 1.59. The first-order chi connectivity index (χ1) is 12.3. The largest absolute Gasteiger partial charge is 0.491 e.